The molecule has 0 radical (unpaired) electrons. The van der Waals surface area contributed by atoms with Gasteiger partial charge in [-0.2, -0.15) is 0 Å². The standard InChI is InChI=1S/C23H19F2N5O3S/c24-18-9-16-20(30(10-14-12-34-13-27-14)11-17(22(16)31)23(32)33)19(25)21(18)29-7-5-28(6-8-29)15-1-3-26-4-2-15/h1-4,9,11-13H,5-8,10H2,(H,32,33). The molecule has 1 aliphatic heterocycles. The van der Waals surface area contributed by atoms with Crippen LogP contribution in [0.25, 0.3) is 10.9 Å². The van der Waals surface area contributed by atoms with Crippen LogP contribution in [0.15, 0.2) is 52.5 Å². The number of benzene rings is 1. The number of hydrogen-bond donors (Lipinski definition) is 1. The topological polar surface area (TPSA) is 91.6 Å². The van der Waals surface area contributed by atoms with Crippen molar-refractivity contribution in [3.63, 3.8) is 0 Å². The quantitative estimate of drug-likeness (QED) is 0.466. The predicted octanol–water partition coefficient (Wildman–Crippen LogP) is 3.20. The average Bonchev–Trinajstić information content (AvgIpc) is 3.35. The molecule has 11 heteroatoms. The third-order valence-electron chi connectivity index (χ3n) is 5.90. The van der Waals surface area contributed by atoms with Gasteiger partial charge in [0.05, 0.1) is 28.7 Å². The zero-order chi connectivity index (χ0) is 23.8. The number of piperazine rings is 1. The number of hydrogen-bond acceptors (Lipinski definition) is 7. The molecule has 1 N–H and O–H groups in total. The van der Waals surface area contributed by atoms with Crippen molar-refractivity contribution in [2.75, 3.05) is 36.0 Å². The zero-order valence-corrected chi connectivity index (χ0v) is 18.6. The van der Waals surface area contributed by atoms with Crippen LogP contribution in [0.4, 0.5) is 20.2 Å². The lowest BCUT2D eigenvalue weighted by Gasteiger charge is -2.37. The number of halogens is 2. The molecule has 1 aromatic carbocycles. The molecule has 3 aromatic heterocycles. The summed E-state index contributed by atoms with van der Waals surface area (Å²) in [5.41, 5.74) is 1.30. The molecule has 8 nitrogen and oxygen atoms in total. The Morgan fingerprint density at radius 1 is 1.12 bits per heavy atom. The summed E-state index contributed by atoms with van der Waals surface area (Å²) in [5, 5.41) is 10.9. The van der Waals surface area contributed by atoms with E-state index >= 15 is 8.78 Å². The number of carboxylic acids is 1. The van der Waals surface area contributed by atoms with Crippen LogP contribution >= 0.6 is 11.3 Å². The number of anilines is 2. The Balaban J connectivity index is 1.58. The van der Waals surface area contributed by atoms with Crippen LogP contribution in [-0.2, 0) is 6.54 Å². The number of nitrogens with zero attached hydrogens (tertiary/aromatic N) is 5. The third kappa shape index (κ3) is 3.87. The smallest absolute Gasteiger partial charge is 0.341 e. The third-order valence-corrected chi connectivity index (χ3v) is 6.53. The van der Waals surface area contributed by atoms with Crippen molar-refractivity contribution in [3.05, 3.63) is 80.8 Å². The Morgan fingerprint density at radius 3 is 2.47 bits per heavy atom. The fraction of sp³-hybridized carbons (Fsp3) is 0.217. The van der Waals surface area contributed by atoms with Crippen molar-refractivity contribution in [1.29, 1.82) is 0 Å². The molecule has 0 spiro atoms. The van der Waals surface area contributed by atoms with E-state index in [1.165, 1.54) is 15.9 Å². The van der Waals surface area contributed by atoms with Gasteiger partial charge < -0.3 is 19.5 Å². The maximum absolute atomic E-state index is 15.9. The molecule has 4 aromatic rings. The van der Waals surface area contributed by atoms with Gasteiger partial charge in [-0.1, -0.05) is 0 Å². The SMILES string of the molecule is O=C(O)c1cn(Cc2cscn2)c2c(F)c(N3CCN(c4ccncc4)CC3)c(F)cc2c1=O. The first-order chi connectivity index (χ1) is 16.4. The van der Waals surface area contributed by atoms with E-state index in [1.54, 1.807) is 28.2 Å². The molecule has 0 atom stereocenters. The minimum Gasteiger partial charge on any atom is -0.477 e. The zero-order valence-electron chi connectivity index (χ0n) is 17.8. The highest BCUT2D eigenvalue weighted by molar-refractivity contribution is 7.07. The maximum Gasteiger partial charge on any atom is 0.341 e. The van der Waals surface area contributed by atoms with Crippen molar-refractivity contribution in [2.24, 2.45) is 0 Å². The lowest BCUT2D eigenvalue weighted by Crippen LogP contribution is -2.47. The Labute approximate surface area is 196 Å². The van der Waals surface area contributed by atoms with Crippen LogP contribution in [0.2, 0.25) is 0 Å². The molecule has 5 rings (SSSR count). The number of aromatic nitrogens is 3. The molecule has 0 saturated carbocycles. The van der Waals surface area contributed by atoms with Crippen LogP contribution < -0.4 is 15.2 Å². The van der Waals surface area contributed by atoms with E-state index in [0.29, 0.717) is 31.9 Å². The minimum absolute atomic E-state index is 0.0401. The number of aromatic carboxylic acids is 1. The molecule has 0 aliphatic carbocycles. The van der Waals surface area contributed by atoms with Crippen molar-refractivity contribution < 1.29 is 18.7 Å². The van der Waals surface area contributed by atoms with E-state index in [0.717, 1.165) is 18.0 Å². The number of carboxylic acid groups (broad SMARTS) is 1. The van der Waals surface area contributed by atoms with Gasteiger partial charge in [-0.3, -0.25) is 9.78 Å². The molecule has 1 saturated heterocycles. The largest absolute Gasteiger partial charge is 0.477 e. The van der Waals surface area contributed by atoms with Gasteiger partial charge in [0.1, 0.15) is 17.1 Å². The fourth-order valence-electron chi connectivity index (χ4n) is 4.28. The van der Waals surface area contributed by atoms with Gasteiger partial charge in [0, 0.05) is 55.8 Å². The molecular formula is C23H19F2N5O3S. The van der Waals surface area contributed by atoms with Gasteiger partial charge in [0.2, 0.25) is 5.43 Å². The van der Waals surface area contributed by atoms with Crippen LogP contribution in [0.1, 0.15) is 16.1 Å². The number of fused-ring (bicyclic) bond motifs is 1. The number of pyridine rings is 2. The van der Waals surface area contributed by atoms with Crippen molar-refractivity contribution >= 4 is 39.6 Å². The van der Waals surface area contributed by atoms with E-state index in [1.807, 2.05) is 12.1 Å². The first-order valence-electron chi connectivity index (χ1n) is 10.5. The van der Waals surface area contributed by atoms with Crippen LogP contribution in [-0.4, -0.2) is 51.8 Å². The first kappa shape index (κ1) is 22.0. The highest BCUT2D eigenvalue weighted by Crippen LogP contribution is 2.31. The molecule has 1 aliphatic rings. The summed E-state index contributed by atoms with van der Waals surface area (Å²) in [4.78, 5) is 36.3. The van der Waals surface area contributed by atoms with Gasteiger partial charge in [0.15, 0.2) is 5.82 Å². The minimum atomic E-state index is -1.46. The summed E-state index contributed by atoms with van der Waals surface area (Å²) in [5.74, 6) is -3.25. The summed E-state index contributed by atoms with van der Waals surface area (Å²) in [6, 6.07) is 4.70. The van der Waals surface area contributed by atoms with Gasteiger partial charge in [-0.15, -0.1) is 11.3 Å². The van der Waals surface area contributed by atoms with Crippen molar-refractivity contribution in [3.8, 4) is 0 Å². The summed E-state index contributed by atoms with van der Waals surface area (Å²) in [6.07, 6.45) is 4.48. The summed E-state index contributed by atoms with van der Waals surface area (Å²) in [6.45, 7) is 1.86. The van der Waals surface area contributed by atoms with E-state index < -0.39 is 28.6 Å². The molecule has 0 amide bonds. The Hall–Kier alpha value is -3.86. The Morgan fingerprint density at radius 2 is 1.82 bits per heavy atom. The highest BCUT2D eigenvalue weighted by atomic mass is 32.1. The second kappa shape index (κ2) is 8.82. The van der Waals surface area contributed by atoms with Crippen LogP contribution in [0.5, 0.6) is 0 Å². The van der Waals surface area contributed by atoms with Crippen molar-refractivity contribution in [2.45, 2.75) is 6.54 Å². The van der Waals surface area contributed by atoms with E-state index in [4.69, 9.17) is 0 Å². The first-order valence-corrected chi connectivity index (χ1v) is 11.4. The van der Waals surface area contributed by atoms with Gasteiger partial charge in [0.25, 0.3) is 0 Å². The van der Waals surface area contributed by atoms with E-state index in [9.17, 15) is 14.7 Å². The average molecular weight is 484 g/mol. The Kier molecular flexibility index (Phi) is 5.70. The molecule has 0 unspecified atom stereocenters. The van der Waals surface area contributed by atoms with Gasteiger partial charge in [-0.05, 0) is 18.2 Å². The number of carbonyl (C=O) groups is 1. The summed E-state index contributed by atoms with van der Waals surface area (Å²) >= 11 is 1.34. The molecule has 4 heterocycles. The molecule has 0 bridgehead atoms. The Bertz CT molecular complexity index is 1420. The number of thiazole rings is 1. The lowest BCUT2D eigenvalue weighted by atomic mass is 10.1. The maximum atomic E-state index is 15.9. The summed E-state index contributed by atoms with van der Waals surface area (Å²) in [7, 11) is 0. The highest BCUT2D eigenvalue weighted by Gasteiger charge is 2.27. The molecular weight excluding hydrogens is 464 g/mol. The van der Waals surface area contributed by atoms with Crippen LogP contribution in [0, 0.1) is 11.6 Å². The summed E-state index contributed by atoms with van der Waals surface area (Å²) < 4.78 is 32.4. The molecule has 34 heavy (non-hydrogen) atoms. The van der Waals surface area contributed by atoms with E-state index in [2.05, 4.69) is 14.9 Å². The van der Waals surface area contributed by atoms with E-state index in [-0.39, 0.29) is 23.1 Å². The van der Waals surface area contributed by atoms with Crippen LogP contribution in [0.3, 0.4) is 0 Å². The molecule has 174 valence electrons. The monoisotopic (exact) mass is 483 g/mol. The normalized spacial score (nSPS) is 14.1. The fourth-order valence-corrected chi connectivity index (χ4v) is 4.83. The predicted molar refractivity (Wildman–Crippen MR) is 125 cm³/mol. The van der Waals surface area contributed by atoms with Gasteiger partial charge in [-0.25, -0.2) is 18.6 Å². The second-order valence-corrected chi connectivity index (χ2v) is 8.60. The van der Waals surface area contributed by atoms with Crippen molar-refractivity contribution in [1.82, 2.24) is 14.5 Å². The van der Waals surface area contributed by atoms with Gasteiger partial charge >= 0.3 is 5.97 Å². The number of rotatable bonds is 5. The lowest BCUT2D eigenvalue weighted by molar-refractivity contribution is 0.0694. The molecule has 1 fully saturated rings. The second-order valence-electron chi connectivity index (χ2n) is 7.88.